The van der Waals surface area contributed by atoms with Crippen molar-refractivity contribution in [1.82, 2.24) is 4.98 Å². The van der Waals surface area contributed by atoms with E-state index in [1.807, 2.05) is 36.4 Å². The van der Waals surface area contributed by atoms with Crippen molar-refractivity contribution in [1.29, 1.82) is 0 Å². The van der Waals surface area contributed by atoms with Gasteiger partial charge in [-0.3, -0.25) is 4.79 Å². The van der Waals surface area contributed by atoms with Gasteiger partial charge in [0.15, 0.2) is 0 Å². The summed E-state index contributed by atoms with van der Waals surface area (Å²) < 4.78 is 19.7. The predicted molar refractivity (Wildman–Crippen MR) is 92.7 cm³/mol. The number of carbonyl (C=O) groups is 1. The quantitative estimate of drug-likeness (QED) is 0.726. The van der Waals surface area contributed by atoms with Gasteiger partial charge in [0.05, 0.1) is 17.8 Å². The number of oxazole rings is 1. The molecule has 1 aromatic heterocycles. The topological polar surface area (TPSA) is 46.3 Å². The van der Waals surface area contributed by atoms with Gasteiger partial charge in [-0.2, -0.15) is 0 Å². The summed E-state index contributed by atoms with van der Waals surface area (Å²) in [6, 6.07) is 14.5. The van der Waals surface area contributed by atoms with Gasteiger partial charge in [-0.1, -0.05) is 30.3 Å². The summed E-state index contributed by atoms with van der Waals surface area (Å²) in [6.45, 7) is 0.524. The van der Waals surface area contributed by atoms with Crippen LogP contribution in [0.3, 0.4) is 0 Å². The zero-order valence-electron chi connectivity index (χ0n) is 13.6. The second-order valence-corrected chi connectivity index (χ2v) is 6.08. The number of amides is 1. The van der Waals surface area contributed by atoms with Gasteiger partial charge in [0.1, 0.15) is 12.1 Å². The van der Waals surface area contributed by atoms with Gasteiger partial charge in [0, 0.05) is 12.1 Å². The molecule has 1 aliphatic heterocycles. The predicted octanol–water partition coefficient (Wildman–Crippen LogP) is 4.00. The number of benzene rings is 2. The molecule has 0 atom stereocenters. The van der Waals surface area contributed by atoms with Crippen molar-refractivity contribution in [3.05, 3.63) is 71.9 Å². The monoisotopic (exact) mass is 336 g/mol. The van der Waals surface area contributed by atoms with Crippen molar-refractivity contribution in [3.8, 4) is 11.5 Å². The third kappa shape index (κ3) is 3.05. The minimum absolute atomic E-state index is 0.0874. The Hall–Kier alpha value is -2.95. The highest BCUT2D eigenvalue weighted by molar-refractivity contribution is 5.95. The van der Waals surface area contributed by atoms with E-state index in [0.29, 0.717) is 23.8 Å². The van der Waals surface area contributed by atoms with Gasteiger partial charge in [0.2, 0.25) is 11.8 Å². The number of para-hydroxylation sites is 1. The van der Waals surface area contributed by atoms with E-state index in [9.17, 15) is 9.18 Å². The number of carbonyl (C=O) groups excluding carboxylic acids is 1. The average molecular weight is 336 g/mol. The summed E-state index contributed by atoms with van der Waals surface area (Å²) in [5, 5.41) is 0. The maximum atomic E-state index is 14.2. The second kappa shape index (κ2) is 6.51. The normalized spacial score (nSPS) is 13.6. The number of halogens is 1. The van der Waals surface area contributed by atoms with E-state index >= 15 is 0 Å². The molecule has 1 amide bonds. The van der Waals surface area contributed by atoms with Crippen LogP contribution in [0.1, 0.15) is 17.7 Å². The number of nitrogens with zero attached hydrogens (tertiary/aromatic N) is 2. The van der Waals surface area contributed by atoms with Gasteiger partial charge in [-0.25, -0.2) is 9.37 Å². The molecule has 0 saturated heterocycles. The molecule has 0 unspecified atom stereocenters. The number of fused-ring (bicyclic) bond motifs is 1. The van der Waals surface area contributed by atoms with E-state index in [1.54, 1.807) is 6.07 Å². The minimum Gasteiger partial charge on any atom is -0.444 e. The van der Waals surface area contributed by atoms with Gasteiger partial charge in [0.25, 0.3) is 0 Å². The van der Waals surface area contributed by atoms with E-state index in [2.05, 4.69) is 4.98 Å². The van der Waals surface area contributed by atoms with Crippen LogP contribution in [0.4, 0.5) is 10.1 Å². The van der Waals surface area contributed by atoms with Gasteiger partial charge in [-0.15, -0.1) is 0 Å². The number of aromatic nitrogens is 1. The molecule has 4 rings (SSSR count). The Morgan fingerprint density at radius 2 is 2.00 bits per heavy atom. The highest BCUT2D eigenvalue weighted by Crippen LogP contribution is 2.30. The molecule has 0 N–H and O–H groups in total. The average Bonchev–Trinajstić information content (AvgIpc) is 3.11. The maximum Gasteiger partial charge on any atom is 0.233 e. The highest BCUT2D eigenvalue weighted by Gasteiger charge is 2.26. The Morgan fingerprint density at radius 1 is 1.16 bits per heavy atom. The molecule has 0 radical (unpaired) electrons. The molecule has 25 heavy (non-hydrogen) atoms. The fraction of sp³-hybridized carbons (Fsp3) is 0.200. The first-order valence-corrected chi connectivity index (χ1v) is 8.30. The van der Waals surface area contributed by atoms with Crippen LogP contribution in [0.15, 0.2) is 59.2 Å². The highest BCUT2D eigenvalue weighted by atomic mass is 19.1. The number of aryl methyl sites for hydroxylation is 1. The zero-order chi connectivity index (χ0) is 17.2. The van der Waals surface area contributed by atoms with Crippen molar-refractivity contribution in [2.45, 2.75) is 19.3 Å². The SMILES string of the molecule is O=C(Cc1coc(-c2ccccc2)n1)N1CCCc2cccc(F)c21. The number of anilines is 1. The van der Waals surface area contributed by atoms with Crippen LogP contribution in [0.2, 0.25) is 0 Å². The van der Waals surface area contributed by atoms with Gasteiger partial charge >= 0.3 is 0 Å². The standard InChI is InChI=1S/C20H17FN2O2/c21-17-10-4-8-14-9-5-11-23(19(14)17)18(24)12-16-13-25-20(22-16)15-6-2-1-3-7-15/h1-4,6-8,10,13H,5,9,11-12H2. The van der Waals surface area contributed by atoms with Crippen LogP contribution in [0.5, 0.6) is 0 Å². The number of rotatable bonds is 3. The Balaban J connectivity index is 1.55. The van der Waals surface area contributed by atoms with Crippen molar-refractivity contribution in [2.75, 3.05) is 11.4 Å². The summed E-state index contributed by atoms with van der Waals surface area (Å²) in [4.78, 5) is 18.6. The molecular formula is C20H17FN2O2. The zero-order valence-corrected chi connectivity index (χ0v) is 13.6. The van der Waals surface area contributed by atoms with E-state index < -0.39 is 0 Å². The summed E-state index contributed by atoms with van der Waals surface area (Å²) in [5.41, 5.74) is 2.69. The summed E-state index contributed by atoms with van der Waals surface area (Å²) in [7, 11) is 0. The van der Waals surface area contributed by atoms with E-state index in [0.717, 1.165) is 24.0 Å². The Kier molecular flexibility index (Phi) is 4.06. The molecule has 0 bridgehead atoms. The first kappa shape index (κ1) is 15.6. The fourth-order valence-electron chi connectivity index (χ4n) is 3.20. The third-order valence-electron chi connectivity index (χ3n) is 4.37. The Labute approximate surface area is 144 Å². The van der Waals surface area contributed by atoms with Crippen molar-refractivity contribution in [3.63, 3.8) is 0 Å². The molecule has 4 nitrogen and oxygen atoms in total. The molecule has 0 fully saturated rings. The van der Waals surface area contributed by atoms with Gasteiger partial charge in [-0.05, 0) is 36.6 Å². The van der Waals surface area contributed by atoms with Crippen LogP contribution in [0.25, 0.3) is 11.5 Å². The Bertz CT molecular complexity index is 905. The Morgan fingerprint density at radius 3 is 2.84 bits per heavy atom. The molecular weight excluding hydrogens is 319 g/mol. The van der Waals surface area contributed by atoms with Crippen LogP contribution >= 0.6 is 0 Å². The van der Waals surface area contributed by atoms with Crippen LogP contribution in [0, 0.1) is 5.82 Å². The lowest BCUT2D eigenvalue weighted by Crippen LogP contribution is -2.37. The summed E-state index contributed by atoms with van der Waals surface area (Å²) in [5.74, 6) is -0.0386. The smallest absolute Gasteiger partial charge is 0.233 e. The molecule has 5 heteroatoms. The molecule has 3 aromatic rings. The first-order chi connectivity index (χ1) is 12.2. The minimum atomic E-state index is -0.351. The molecule has 2 aromatic carbocycles. The van der Waals surface area contributed by atoms with E-state index in [1.165, 1.54) is 17.2 Å². The van der Waals surface area contributed by atoms with Crippen molar-refractivity contribution >= 4 is 11.6 Å². The van der Waals surface area contributed by atoms with Crippen LogP contribution < -0.4 is 4.90 Å². The maximum absolute atomic E-state index is 14.2. The fourth-order valence-corrected chi connectivity index (χ4v) is 3.20. The molecule has 0 saturated carbocycles. The van der Waals surface area contributed by atoms with Crippen LogP contribution in [-0.2, 0) is 17.6 Å². The molecule has 1 aliphatic rings. The lowest BCUT2D eigenvalue weighted by molar-refractivity contribution is -0.118. The summed E-state index contributed by atoms with van der Waals surface area (Å²) >= 11 is 0. The van der Waals surface area contributed by atoms with Crippen molar-refractivity contribution in [2.24, 2.45) is 0 Å². The second-order valence-electron chi connectivity index (χ2n) is 6.08. The van der Waals surface area contributed by atoms with Crippen LogP contribution in [-0.4, -0.2) is 17.4 Å². The van der Waals surface area contributed by atoms with E-state index in [-0.39, 0.29) is 18.1 Å². The van der Waals surface area contributed by atoms with E-state index in [4.69, 9.17) is 4.42 Å². The first-order valence-electron chi connectivity index (χ1n) is 8.30. The summed E-state index contributed by atoms with van der Waals surface area (Å²) in [6.07, 6.45) is 3.20. The molecule has 2 heterocycles. The van der Waals surface area contributed by atoms with Crippen molar-refractivity contribution < 1.29 is 13.6 Å². The third-order valence-corrected chi connectivity index (χ3v) is 4.37. The van der Waals surface area contributed by atoms with Gasteiger partial charge < -0.3 is 9.32 Å². The molecule has 126 valence electrons. The lowest BCUT2D eigenvalue weighted by atomic mass is 10.0. The number of hydrogen-bond donors (Lipinski definition) is 0. The lowest BCUT2D eigenvalue weighted by Gasteiger charge is -2.29. The molecule has 0 aliphatic carbocycles. The molecule has 0 spiro atoms. The number of hydrogen-bond acceptors (Lipinski definition) is 3. The largest absolute Gasteiger partial charge is 0.444 e.